The number of likely N-dealkylation sites (tertiary alicyclic amines) is 1. The van der Waals surface area contributed by atoms with E-state index in [1.54, 1.807) is 6.07 Å². The van der Waals surface area contributed by atoms with Crippen molar-refractivity contribution in [3.05, 3.63) is 35.6 Å². The minimum atomic E-state index is -0.606. The van der Waals surface area contributed by atoms with Crippen molar-refractivity contribution in [3.8, 4) is 0 Å². The molecule has 0 bridgehead atoms. The van der Waals surface area contributed by atoms with Crippen molar-refractivity contribution in [2.75, 3.05) is 13.7 Å². The maximum Gasteiger partial charge on any atom is 0.328 e. The lowest BCUT2D eigenvalue weighted by molar-refractivity contribution is -0.147. The quantitative estimate of drug-likeness (QED) is 0.768. The Morgan fingerprint density at radius 2 is 2.05 bits per heavy atom. The van der Waals surface area contributed by atoms with Gasteiger partial charge in [0.1, 0.15) is 11.9 Å². The van der Waals surface area contributed by atoms with Gasteiger partial charge >= 0.3 is 5.97 Å². The van der Waals surface area contributed by atoms with Gasteiger partial charge in [0.25, 0.3) is 5.91 Å². The summed E-state index contributed by atoms with van der Waals surface area (Å²) in [6.45, 7) is 0.451. The average Bonchev–Trinajstić information content (AvgIpc) is 2.46. The number of hydrogen-bond acceptors (Lipinski definition) is 3. The van der Waals surface area contributed by atoms with Crippen LogP contribution in [0.1, 0.15) is 29.6 Å². The van der Waals surface area contributed by atoms with Gasteiger partial charge in [-0.15, -0.1) is 0 Å². The number of benzene rings is 1. The molecule has 19 heavy (non-hydrogen) atoms. The van der Waals surface area contributed by atoms with Crippen LogP contribution >= 0.6 is 0 Å². The van der Waals surface area contributed by atoms with Crippen molar-refractivity contribution < 1.29 is 18.7 Å². The molecule has 0 aromatic heterocycles. The molecule has 1 aromatic carbocycles. The number of nitrogens with zero attached hydrogens (tertiary/aromatic N) is 1. The van der Waals surface area contributed by atoms with Gasteiger partial charge in [-0.2, -0.15) is 0 Å². The topological polar surface area (TPSA) is 46.6 Å². The van der Waals surface area contributed by atoms with Gasteiger partial charge in [0, 0.05) is 6.54 Å². The largest absolute Gasteiger partial charge is 0.467 e. The Morgan fingerprint density at radius 3 is 2.74 bits per heavy atom. The number of hydrogen-bond donors (Lipinski definition) is 0. The summed E-state index contributed by atoms with van der Waals surface area (Å²) in [4.78, 5) is 25.4. The summed E-state index contributed by atoms with van der Waals surface area (Å²) in [7, 11) is 1.29. The number of esters is 1. The SMILES string of the molecule is COC(=O)C1CCCCN1C(=O)c1ccccc1F. The number of halogens is 1. The molecule has 1 fully saturated rings. The molecule has 1 amide bonds. The van der Waals surface area contributed by atoms with E-state index in [-0.39, 0.29) is 5.56 Å². The predicted molar refractivity (Wildman–Crippen MR) is 67.1 cm³/mol. The van der Waals surface area contributed by atoms with Crippen LogP contribution in [0.3, 0.4) is 0 Å². The van der Waals surface area contributed by atoms with Gasteiger partial charge < -0.3 is 9.64 Å². The van der Waals surface area contributed by atoms with E-state index in [1.807, 2.05) is 0 Å². The van der Waals surface area contributed by atoms with Crippen LogP contribution in [0.25, 0.3) is 0 Å². The Hall–Kier alpha value is -1.91. The van der Waals surface area contributed by atoms with Gasteiger partial charge in [-0.25, -0.2) is 9.18 Å². The van der Waals surface area contributed by atoms with Crippen LogP contribution in [-0.4, -0.2) is 36.5 Å². The number of ether oxygens (including phenoxy) is 1. The second-order valence-electron chi connectivity index (χ2n) is 4.51. The van der Waals surface area contributed by atoms with E-state index in [0.29, 0.717) is 13.0 Å². The highest BCUT2D eigenvalue weighted by atomic mass is 19.1. The van der Waals surface area contributed by atoms with Gasteiger partial charge in [-0.1, -0.05) is 12.1 Å². The zero-order valence-corrected chi connectivity index (χ0v) is 10.8. The normalized spacial score (nSPS) is 19.1. The van der Waals surface area contributed by atoms with Crippen LogP contribution in [-0.2, 0) is 9.53 Å². The molecular weight excluding hydrogens is 249 g/mol. The summed E-state index contributed by atoms with van der Waals surface area (Å²) in [6.07, 6.45) is 2.24. The second kappa shape index (κ2) is 5.82. The lowest BCUT2D eigenvalue weighted by Gasteiger charge is -2.33. The van der Waals surface area contributed by atoms with E-state index in [0.717, 1.165) is 12.8 Å². The molecule has 0 radical (unpaired) electrons. The minimum Gasteiger partial charge on any atom is -0.467 e. The third-order valence-corrected chi connectivity index (χ3v) is 3.34. The highest BCUT2D eigenvalue weighted by Gasteiger charge is 2.34. The predicted octanol–water partition coefficient (Wildman–Crippen LogP) is 1.99. The molecule has 1 atom stereocenters. The Kier molecular flexibility index (Phi) is 4.14. The summed E-state index contributed by atoms with van der Waals surface area (Å²) in [5.74, 6) is -1.46. The van der Waals surface area contributed by atoms with Gasteiger partial charge in [-0.3, -0.25) is 4.79 Å². The lowest BCUT2D eigenvalue weighted by Crippen LogP contribution is -2.48. The van der Waals surface area contributed by atoms with Crippen LogP contribution in [0, 0.1) is 5.82 Å². The van der Waals surface area contributed by atoms with E-state index >= 15 is 0 Å². The zero-order chi connectivity index (χ0) is 13.8. The first kappa shape index (κ1) is 13.5. The van der Waals surface area contributed by atoms with Crippen molar-refractivity contribution in [2.45, 2.75) is 25.3 Å². The first-order valence-corrected chi connectivity index (χ1v) is 6.28. The molecule has 0 spiro atoms. The Morgan fingerprint density at radius 1 is 1.32 bits per heavy atom. The highest BCUT2D eigenvalue weighted by Crippen LogP contribution is 2.21. The van der Waals surface area contributed by atoms with Crippen molar-refractivity contribution in [1.82, 2.24) is 4.90 Å². The third-order valence-electron chi connectivity index (χ3n) is 3.34. The van der Waals surface area contributed by atoms with Gasteiger partial charge in [0.15, 0.2) is 0 Å². The highest BCUT2D eigenvalue weighted by molar-refractivity contribution is 5.97. The maximum absolute atomic E-state index is 13.6. The molecule has 1 saturated heterocycles. The fraction of sp³-hybridized carbons (Fsp3) is 0.429. The number of piperidine rings is 1. The summed E-state index contributed by atoms with van der Waals surface area (Å²) in [5.41, 5.74) is -0.00157. The van der Waals surface area contributed by atoms with E-state index in [9.17, 15) is 14.0 Å². The number of rotatable bonds is 2. The van der Waals surface area contributed by atoms with Crippen LogP contribution in [0.2, 0.25) is 0 Å². The molecule has 102 valence electrons. The van der Waals surface area contributed by atoms with Crippen LogP contribution < -0.4 is 0 Å². The van der Waals surface area contributed by atoms with E-state index in [2.05, 4.69) is 0 Å². The van der Waals surface area contributed by atoms with Crippen LogP contribution in [0.4, 0.5) is 4.39 Å². The first-order valence-electron chi connectivity index (χ1n) is 6.28. The molecule has 4 nitrogen and oxygen atoms in total. The van der Waals surface area contributed by atoms with Gasteiger partial charge in [-0.05, 0) is 31.4 Å². The maximum atomic E-state index is 13.6. The van der Waals surface area contributed by atoms with Crippen molar-refractivity contribution in [2.24, 2.45) is 0 Å². The number of methoxy groups -OCH3 is 1. The first-order chi connectivity index (χ1) is 9.15. The van der Waals surface area contributed by atoms with Crippen LogP contribution in [0.5, 0.6) is 0 Å². The van der Waals surface area contributed by atoms with Crippen molar-refractivity contribution in [3.63, 3.8) is 0 Å². The van der Waals surface area contributed by atoms with Crippen LogP contribution in [0.15, 0.2) is 24.3 Å². The van der Waals surface area contributed by atoms with Gasteiger partial charge in [0.05, 0.1) is 12.7 Å². The fourth-order valence-electron chi connectivity index (χ4n) is 2.35. The number of carbonyl (C=O) groups is 2. The summed E-state index contributed by atoms with van der Waals surface area (Å²) >= 11 is 0. The number of amides is 1. The third kappa shape index (κ3) is 2.75. The Labute approximate surface area is 111 Å². The lowest BCUT2D eigenvalue weighted by atomic mass is 10.0. The minimum absolute atomic E-state index is 0.00157. The van der Waals surface area contributed by atoms with Crippen molar-refractivity contribution >= 4 is 11.9 Å². The second-order valence-corrected chi connectivity index (χ2v) is 4.51. The summed E-state index contributed by atoms with van der Waals surface area (Å²) in [6, 6.07) is 5.20. The zero-order valence-electron chi connectivity index (χ0n) is 10.8. The number of carbonyl (C=O) groups excluding carboxylic acids is 2. The van der Waals surface area contributed by atoms with E-state index < -0.39 is 23.7 Å². The summed E-state index contributed by atoms with van der Waals surface area (Å²) in [5, 5.41) is 0. The van der Waals surface area contributed by atoms with Crippen molar-refractivity contribution in [1.29, 1.82) is 0 Å². The molecule has 1 heterocycles. The molecule has 0 saturated carbocycles. The molecule has 1 aromatic rings. The molecule has 1 aliphatic heterocycles. The molecule has 1 aliphatic rings. The monoisotopic (exact) mass is 265 g/mol. The summed E-state index contributed by atoms with van der Waals surface area (Å²) < 4.78 is 18.4. The molecule has 5 heteroatoms. The molecule has 0 N–H and O–H groups in total. The Balaban J connectivity index is 2.25. The average molecular weight is 265 g/mol. The standard InChI is InChI=1S/C14H16FNO3/c1-19-14(18)12-8-4-5-9-16(12)13(17)10-6-2-3-7-11(10)15/h2-3,6-7,12H,4-5,8-9H2,1H3. The molecular formula is C14H16FNO3. The van der Waals surface area contributed by atoms with E-state index in [4.69, 9.17) is 4.74 Å². The van der Waals surface area contributed by atoms with Gasteiger partial charge in [0.2, 0.25) is 0 Å². The Bertz CT molecular complexity index is 489. The molecule has 2 rings (SSSR count). The van der Waals surface area contributed by atoms with E-state index in [1.165, 1.54) is 30.2 Å². The fourth-order valence-corrected chi connectivity index (χ4v) is 2.35. The molecule has 0 aliphatic carbocycles. The smallest absolute Gasteiger partial charge is 0.328 e. The molecule has 1 unspecified atom stereocenters.